The minimum Gasteiger partial charge on any atom is -0.427 e. The molecule has 3 rings (SSSR count). The van der Waals surface area contributed by atoms with Gasteiger partial charge in [-0.25, -0.2) is 8.78 Å². The summed E-state index contributed by atoms with van der Waals surface area (Å²) in [6.07, 6.45) is 0. The van der Waals surface area contributed by atoms with Crippen LogP contribution in [-0.4, -0.2) is 11.8 Å². The molecule has 0 fully saturated rings. The minimum atomic E-state index is -0.762. The molecular formula is C17H9BrF2O3. The highest BCUT2D eigenvalue weighted by Gasteiger charge is 2.31. The Labute approximate surface area is 138 Å². The van der Waals surface area contributed by atoms with Crippen LogP contribution in [0.4, 0.5) is 8.78 Å². The quantitative estimate of drug-likeness (QED) is 0.579. The Kier molecular flexibility index (Phi) is 3.85. The maximum absolute atomic E-state index is 14.1. The van der Waals surface area contributed by atoms with E-state index in [9.17, 15) is 18.4 Å². The van der Waals surface area contributed by atoms with Gasteiger partial charge in [0.25, 0.3) is 0 Å². The lowest BCUT2D eigenvalue weighted by Crippen LogP contribution is -2.03. The zero-order valence-electron chi connectivity index (χ0n) is 11.8. The van der Waals surface area contributed by atoms with Gasteiger partial charge in [-0.3, -0.25) is 9.59 Å². The summed E-state index contributed by atoms with van der Waals surface area (Å²) in [5, 5.41) is 0. The van der Waals surface area contributed by atoms with Crippen molar-refractivity contribution in [3.63, 3.8) is 0 Å². The molecule has 6 heteroatoms. The number of fused-ring (bicyclic) bond motifs is 1. The van der Waals surface area contributed by atoms with E-state index in [4.69, 9.17) is 4.74 Å². The first-order valence-electron chi connectivity index (χ1n) is 6.61. The van der Waals surface area contributed by atoms with Gasteiger partial charge in [-0.1, -0.05) is 0 Å². The Morgan fingerprint density at radius 3 is 2.39 bits per heavy atom. The van der Waals surface area contributed by atoms with Gasteiger partial charge in [0, 0.05) is 29.7 Å². The van der Waals surface area contributed by atoms with Crippen LogP contribution >= 0.6 is 15.9 Å². The van der Waals surface area contributed by atoms with Crippen LogP contribution in [0.2, 0.25) is 0 Å². The van der Waals surface area contributed by atoms with E-state index in [2.05, 4.69) is 15.9 Å². The van der Waals surface area contributed by atoms with E-state index in [0.717, 1.165) is 12.1 Å². The Hall–Kier alpha value is -2.34. The molecule has 0 unspecified atom stereocenters. The Morgan fingerprint density at radius 1 is 1.04 bits per heavy atom. The van der Waals surface area contributed by atoms with Crippen LogP contribution in [0.5, 0.6) is 5.75 Å². The molecular weight excluding hydrogens is 370 g/mol. The number of carbonyl (C=O) groups is 2. The third kappa shape index (κ3) is 2.70. The maximum atomic E-state index is 14.1. The van der Waals surface area contributed by atoms with Crippen molar-refractivity contribution in [2.75, 3.05) is 0 Å². The van der Waals surface area contributed by atoms with Gasteiger partial charge in [-0.15, -0.1) is 0 Å². The van der Waals surface area contributed by atoms with E-state index in [1.165, 1.54) is 25.1 Å². The number of hydrogen-bond acceptors (Lipinski definition) is 3. The fraction of sp³-hybridized carbons (Fsp3) is 0.0588. The van der Waals surface area contributed by atoms with Crippen molar-refractivity contribution in [1.82, 2.24) is 0 Å². The lowest BCUT2D eigenvalue weighted by molar-refractivity contribution is -0.131. The topological polar surface area (TPSA) is 43.4 Å². The summed E-state index contributed by atoms with van der Waals surface area (Å²) in [5.41, 5.74) is 1.24. The number of rotatable bonds is 2. The molecule has 23 heavy (non-hydrogen) atoms. The molecule has 0 heterocycles. The van der Waals surface area contributed by atoms with Crippen LogP contribution in [0.25, 0.3) is 5.57 Å². The van der Waals surface area contributed by atoms with E-state index in [-0.39, 0.29) is 27.1 Å². The number of ketones is 1. The SMILES string of the molecule is CC(=O)Oc1ccc2c(c1)C(=O)C(Br)=C2c1ccc(F)cc1F. The molecule has 0 spiro atoms. The third-order valence-corrected chi connectivity index (χ3v) is 4.14. The average molecular weight is 379 g/mol. The molecule has 0 bridgehead atoms. The lowest BCUT2D eigenvalue weighted by atomic mass is 9.98. The first kappa shape index (κ1) is 15.6. The Bertz CT molecular complexity index is 887. The Morgan fingerprint density at radius 2 is 1.74 bits per heavy atom. The highest BCUT2D eigenvalue weighted by atomic mass is 79.9. The molecule has 3 nitrogen and oxygen atoms in total. The second-order valence-electron chi connectivity index (χ2n) is 4.94. The molecule has 0 aromatic heterocycles. The molecule has 2 aromatic rings. The van der Waals surface area contributed by atoms with Crippen molar-refractivity contribution in [3.8, 4) is 5.75 Å². The molecule has 1 aliphatic carbocycles. The number of hydrogen-bond donors (Lipinski definition) is 0. The Balaban J connectivity index is 2.14. The van der Waals surface area contributed by atoms with Gasteiger partial charge in [0.15, 0.2) is 0 Å². The average Bonchev–Trinajstić information content (AvgIpc) is 2.71. The third-order valence-electron chi connectivity index (χ3n) is 3.39. The molecule has 0 amide bonds. The van der Waals surface area contributed by atoms with E-state index in [1.807, 2.05) is 0 Å². The zero-order chi connectivity index (χ0) is 16.7. The van der Waals surface area contributed by atoms with Crippen molar-refractivity contribution in [1.29, 1.82) is 0 Å². The second kappa shape index (κ2) is 5.70. The first-order valence-corrected chi connectivity index (χ1v) is 7.40. The van der Waals surface area contributed by atoms with Gasteiger partial charge >= 0.3 is 5.97 Å². The van der Waals surface area contributed by atoms with E-state index < -0.39 is 17.6 Å². The van der Waals surface area contributed by atoms with Gasteiger partial charge in [0.05, 0.1) is 4.48 Å². The summed E-state index contributed by atoms with van der Waals surface area (Å²) in [7, 11) is 0. The fourth-order valence-electron chi connectivity index (χ4n) is 2.46. The molecule has 2 aromatic carbocycles. The normalized spacial score (nSPS) is 13.3. The number of esters is 1. The number of allylic oxidation sites excluding steroid dienone is 1. The molecule has 0 N–H and O–H groups in total. The van der Waals surface area contributed by atoms with Crippen LogP contribution < -0.4 is 4.74 Å². The van der Waals surface area contributed by atoms with Crippen LogP contribution in [0.1, 0.15) is 28.4 Å². The molecule has 0 saturated carbocycles. The molecule has 0 saturated heterocycles. The fourth-order valence-corrected chi connectivity index (χ4v) is 3.10. The summed E-state index contributed by atoms with van der Waals surface area (Å²) in [6, 6.07) is 7.68. The van der Waals surface area contributed by atoms with Crippen molar-refractivity contribution in [3.05, 3.63) is 69.2 Å². The summed E-state index contributed by atoms with van der Waals surface area (Å²) in [6.45, 7) is 1.25. The van der Waals surface area contributed by atoms with Crippen molar-refractivity contribution < 1.29 is 23.1 Å². The number of benzene rings is 2. The van der Waals surface area contributed by atoms with Gasteiger partial charge in [0.1, 0.15) is 17.4 Å². The van der Waals surface area contributed by atoms with Crippen LogP contribution in [0.3, 0.4) is 0 Å². The molecule has 0 atom stereocenters. The highest BCUT2D eigenvalue weighted by Crippen LogP contribution is 2.42. The second-order valence-corrected chi connectivity index (χ2v) is 5.74. The number of Topliss-reactive ketones (excluding diaryl/α,β-unsaturated/α-hetero) is 1. The van der Waals surface area contributed by atoms with Crippen LogP contribution in [0.15, 0.2) is 40.9 Å². The van der Waals surface area contributed by atoms with Crippen molar-refractivity contribution in [2.24, 2.45) is 0 Å². The number of halogens is 3. The van der Waals surface area contributed by atoms with Gasteiger partial charge in [-0.05, 0) is 51.8 Å². The predicted molar refractivity (Wildman–Crippen MR) is 83.4 cm³/mol. The van der Waals surface area contributed by atoms with Crippen molar-refractivity contribution >= 4 is 33.3 Å². The van der Waals surface area contributed by atoms with E-state index in [1.54, 1.807) is 6.07 Å². The van der Waals surface area contributed by atoms with Crippen molar-refractivity contribution in [2.45, 2.75) is 6.92 Å². The molecule has 1 aliphatic rings. The highest BCUT2D eigenvalue weighted by molar-refractivity contribution is 9.12. The largest absolute Gasteiger partial charge is 0.427 e. The van der Waals surface area contributed by atoms with Gasteiger partial charge in [-0.2, -0.15) is 0 Å². The predicted octanol–water partition coefficient (Wildman–Crippen LogP) is 4.24. The smallest absolute Gasteiger partial charge is 0.308 e. The number of ether oxygens (including phenoxy) is 1. The monoisotopic (exact) mass is 378 g/mol. The minimum absolute atomic E-state index is 0.116. The van der Waals surface area contributed by atoms with E-state index in [0.29, 0.717) is 11.1 Å². The van der Waals surface area contributed by atoms with Gasteiger partial charge < -0.3 is 4.74 Å². The van der Waals surface area contributed by atoms with Crippen LogP contribution in [-0.2, 0) is 4.79 Å². The number of carbonyl (C=O) groups excluding carboxylic acids is 2. The summed E-state index contributed by atoms with van der Waals surface area (Å²) in [5.74, 6) is -2.09. The molecule has 0 radical (unpaired) electrons. The summed E-state index contributed by atoms with van der Waals surface area (Å²) < 4.78 is 32.3. The van der Waals surface area contributed by atoms with Gasteiger partial charge in [0.2, 0.25) is 5.78 Å². The molecule has 116 valence electrons. The maximum Gasteiger partial charge on any atom is 0.308 e. The zero-order valence-corrected chi connectivity index (χ0v) is 13.4. The molecule has 0 aliphatic heterocycles. The lowest BCUT2D eigenvalue weighted by Gasteiger charge is -2.08. The summed E-state index contributed by atoms with van der Waals surface area (Å²) in [4.78, 5) is 23.4. The summed E-state index contributed by atoms with van der Waals surface area (Å²) >= 11 is 3.18. The van der Waals surface area contributed by atoms with E-state index >= 15 is 0 Å². The van der Waals surface area contributed by atoms with Crippen LogP contribution in [0, 0.1) is 11.6 Å². The first-order chi connectivity index (χ1) is 10.9. The standard InChI is InChI=1S/C17H9BrF2O3/c1-8(21)23-10-3-5-11-13(7-10)17(22)16(18)15(11)12-4-2-9(19)6-14(12)20/h2-7H,1H3.